The number of hydrogen-bond donors (Lipinski definition) is 4. The van der Waals surface area contributed by atoms with E-state index in [4.69, 9.17) is 28.1 Å². The van der Waals surface area contributed by atoms with E-state index in [1.807, 2.05) is 12.1 Å². The van der Waals surface area contributed by atoms with Crippen LogP contribution in [-0.2, 0) is 30.0 Å². The van der Waals surface area contributed by atoms with Gasteiger partial charge in [0, 0.05) is 0 Å². The van der Waals surface area contributed by atoms with Crippen molar-refractivity contribution in [3.05, 3.63) is 42.2 Å². The first-order chi connectivity index (χ1) is 17.4. The number of aliphatic hydroxyl groups is 4. The third-order valence-electron chi connectivity index (χ3n) is 7.36. The number of aliphatic hydroxyl groups excluding tert-OH is 4. The molecular weight excluding hydrogens is 500 g/mol. The van der Waals surface area contributed by atoms with Gasteiger partial charge < -0.3 is 48.5 Å². The Morgan fingerprint density at radius 2 is 1.65 bits per heavy atom. The topological polar surface area (TPSA) is 136 Å². The fraction of sp³-hybridized carbons (Fsp3) is 0.692. The molecule has 0 aromatic heterocycles. The third-order valence-corrected chi connectivity index (χ3v) is 11.9. The molecule has 0 unspecified atom stereocenters. The summed E-state index contributed by atoms with van der Waals surface area (Å²) in [6.45, 7) is 10.3. The molecule has 0 aliphatic carbocycles. The molecule has 2 heterocycles. The van der Waals surface area contributed by atoms with Gasteiger partial charge in [-0.15, -0.1) is 0 Å². The predicted molar refractivity (Wildman–Crippen MR) is 137 cm³/mol. The second-order valence-corrected chi connectivity index (χ2v) is 15.8. The molecule has 10 nitrogen and oxygen atoms in total. The van der Waals surface area contributed by atoms with Gasteiger partial charge in [-0.2, -0.15) is 0 Å². The second kappa shape index (κ2) is 12.5. The molecule has 8 atom stereocenters. The standard InChI is InChI=1S/C26H42O10Si/c1-26(2,3)37(5,6)34-15-20-21(29)24(33-14-16-7-9-17(31-4)10-8-16)22(30)25(35-20)36-23-18(28)11-12-32-19(23)13-27/h7-12,18-25,27-30H,13-15H2,1-6H3/t18-,19-,20-,21+,22-,23+,24+,25+/m1/s1. The van der Waals surface area contributed by atoms with E-state index in [-0.39, 0.29) is 18.3 Å². The van der Waals surface area contributed by atoms with Crippen molar-refractivity contribution in [3.63, 3.8) is 0 Å². The highest BCUT2D eigenvalue weighted by atomic mass is 28.4. The molecular formula is C26H42O10Si. The van der Waals surface area contributed by atoms with Gasteiger partial charge in [0.15, 0.2) is 14.6 Å². The molecule has 37 heavy (non-hydrogen) atoms. The van der Waals surface area contributed by atoms with Gasteiger partial charge in [0.25, 0.3) is 0 Å². The van der Waals surface area contributed by atoms with E-state index in [0.29, 0.717) is 5.75 Å². The third kappa shape index (κ3) is 7.31. The number of hydrogen-bond acceptors (Lipinski definition) is 10. The van der Waals surface area contributed by atoms with Crippen molar-refractivity contribution in [2.45, 2.75) is 94.5 Å². The lowest BCUT2D eigenvalue weighted by Gasteiger charge is -2.45. The largest absolute Gasteiger partial charge is 0.497 e. The molecule has 210 valence electrons. The Hall–Kier alpha value is -1.54. The molecule has 2 aliphatic rings. The minimum atomic E-state index is -2.18. The molecule has 0 bridgehead atoms. The van der Waals surface area contributed by atoms with Crippen LogP contribution in [0.1, 0.15) is 26.3 Å². The van der Waals surface area contributed by atoms with Gasteiger partial charge in [0.1, 0.15) is 48.5 Å². The summed E-state index contributed by atoms with van der Waals surface area (Å²) in [6, 6.07) is 7.25. The van der Waals surface area contributed by atoms with Crippen molar-refractivity contribution in [3.8, 4) is 5.75 Å². The van der Waals surface area contributed by atoms with Crippen molar-refractivity contribution in [2.75, 3.05) is 20.3 Å². The van der Waals surface area contributed by atoms with Crippen LogP contribution >= 0.6 is 0 Å². The number of rotatable bonds is 10. The van der Waals surface area contributed by atoms with Crippen LogP contribution in [0.5, 0.6) is 5.75 Å². The smallest absolute Gasteiger partial charge is 0.192 e. The highest BCUT2D eigenvalue weighted by Gasteiger charge is 2.49. The molecule has 2 aliphatic heterocycles. The van der Waals surface area contributed by atoms with Crippen molar-refractivity contribution in [1.82, 2.24) is 0 Å². The zero-order valence-corrected chi connectivity index (χ0v) is 23.4. The first-order valence-corrected chi connectivity index (χ1v) is 15.5. The van der Waals surface area contributed by atoms with Crippen LogP contribution < -0.4 is 4.74 Å². The van der Waals surface area contributed by atoms with Gasteiger partial charge in [-0.25, -0.2) is 0 Å². The fourth-order valence-electron chi connectivity index (χ4n) is 3.87. The van der Waals surface area contributed by atoms with Crippen LogP contribution in [0.4, 0.5) is 0 Å². The van der Waals surface area contributed by atoms with E-state index in [9.17, 15) is 20.4 Å². The molecule has 0 radical (unpaired) electrons. The lowest BCUT2D eigenvalue weighted by atomic mass is 9.98. The summed E-state index contributed by atoms with van der Waals surface area (Å²) in [5, 5.41) is 42.3. The number of benzene rings is 1. The van der Waals surface area contributed by atoms with E-state index in [1.165, 1.54) is 12.3 Å². The Balaban J connectivity index is 1.78. The minimum absolute atomic E-state index is 0.0590. The molecule has 1 saturated heterocycles. The average Bonchev–Trinajstić information content (AvgIpc) is 2.85. The van der Waals surface area contributed by atoms with Crippen LogP contribution in [0.15, 0.2) is 36.6 Å². The zero-order valence-electron chi connectivity index (χ0n) is 22.4. The molecule has 0 spiro atoms. The van der Waals surface area contributed by atoms with Crippen LogP contribution in [0.2, 0.25) is 18.1 Å². The molecule has 4 N–H and O–H groups in total. The lowest BCUT2D eigenvalue weighted by Crippen LogP contribution is -2.62. The summed E-state index contributed by atoms with van der Waals surface area (Å²) >= 11 is 0. The van der Waals surface area contributed by atoms with E-state index >= 15 is 0 Å². The van der Waals surface area contributed by atoms with Crippen molar-refractivity contribution in [2.24, 2.45) is 0 Å². The Morgan fingerprint density at radius 3 is 2.24 bits per heavy atom. The van der Waals surface area contributed by atoms with Gasteiger partial charge in [-0.3, -0.25) is 0 Å². The maximum absolute atomic E-state index is 11.2. The average molecular weight is 543 g/mol. The Labute approximate surface area is 219 Å². The summed E-state index contributed by atoms with van der Waals surface area (Å²) in [5.41, 5.74) is 0.819. The van der Waals surface area contributed by atoms with E-state index in [1.54, 1.807) is 19.2 Å². The molecule has 1 aromatic rings. The minimum Gasteiger partial charge on any atom is -0.497 e. The molecule has 0 saturated carbocycles. The molecule has 11 heteroatoms. The van der Waals surface area contributed by atoms with Crippen molar-refractivity contribution in [1.29, 1.82) is 0 Å². The lowest BCUT2D eigenvalue weighted by molar-refractivity contribution is -0.329. The Bertz CT molecular complexity index is 871. The van der Waals surface area contributed by atoms with Gasteiger partial charge in [0.2, 0.25) is 0 Å². The first kappa shape index (κ1) is 30.0. The van der Waals surface area contributed by atoms with E-state index in [2.05, 4.69) is 33.9 Å². The number of methoxy groups -OCH3 is 1. The first-order valence-electron chi connectivity index (χ1n) is 12.5. The number of ether oxygens (including phenoxy) is 5. The van der Waals surface area contributed by atoms with Crippen LogP contribution in [0.25, 0.3) is 0 Å². The monoisotopic (exact) mass is 542 g/mol. The normalized spacial score (nSPS) is 32.7. The summed E-state index contributed by atoms with van der Waals surface area (Å²) in [7, 11) is -0.598. The quantitative estimate of drug-likeness (QED) is 0.323. The zero-order chi connectivity index (χ0) is 27.4. The highest BCUT2D eigenvalue weighted by Crippen LogP contribution is 2.37. The van der Waals surface area contributed by atoms with Crippen molar-refractivity contribution < 1.29 is 48.5 Å². The summed E-state index contributed by atoms with van der Waals surface area (Å²) in [4.78, 5) is 0. The van der Waals surface area contributed by atoms with E-state index < -0.39 is 63.9 Å². The highest BCUT2D eigenvalue weighted by molar-refractivity contribution is 6.74. The van der Waals surface area contributed by atoms with Gasteiger partial charge in [-0.05, 0) is 41.9 Å². The predicted octanol–water partition coefficient (Wildman–Crippen LogP) is 1.70. The molecule has 1 aromatic carbocycles. The second-order valence-electron chi connectivity index (χ2n) is 11.0. The Morgan fingerprint density at radius 1 is 0.973 bits per heavy atom. The maximum Gasteiger partial charge on any atom is 0.192 e. The summed E-state index contributed by atoms with van der Waals surface area (Å²) < 4.78 is 34.8. The Kier molecular flexibility index (Phi) is 10.2. The van der Waals surface area contributed by atoms with Crippen molar-refractivity contribution >= 4 is 8.32 Å². The van der Waals surface area contributed by atoms with Gasteiger partial charge >= 0.3 is 0 Å². The van der Waals surface area contributed by atoms with Crippen LogP contribution in [-0.4, -0.2) is 98.1 Å². The van der Waals surface area contributed by atoms with E-state index in [0.717, 1.165) is 5.56 Å². The SMILES string of the molecule is COc1ccc(CO[C@H]2[C@@H](O)[C@@H](CO[Si](C)(C)C(C)(C)C)O[C@@H](O[C@H]3[C@H](O)C=CO[C@@H]3CO)[C@@H]2O)cc1. The molecule has 0 amide bonds. The summed E-state index contributed by atoms with van der Waals surface area (Å²) in [6.07, 6.45) is -6.09. The van der Waals surface area contributed by atoms with Crippen LogP contribution in [0.3, 0.4) is 0 Å². The van der Waals surface area contributed by atoms with Gasteiger partial charge in [-0.1, -0.05) is 32.9 Å². The van der Waals surface area contributed by atoms with Gasteiger partial charge in [0.05, 0.1) is 33.2 Å². The van der Waals surface area contributed by atoms with Crippen LogP contribution in [0, 0.1) is 0 Å². The fourth-order valence-corrected chi connectivity index (χ4v) is 4.89. The molecule has 1 fully saturated rings. The summed E-state index contributed by atoms with van der Waals surface area (Å²) in [5.74, 6) is 0.701. The maximum atomic E-state index is 11.2. The molecule has 3 rings (SSSR count).